The lowest BCUT2D eigenvalue weighted by Gasteiger charge is -2.13. The summed E-state index contributed by atoms with van der Waals surface area (Å²) in [6, 6.07) is 13.4. The third-order valence-electron chi connectivity index (χ3n) is 3.64. The normalized spacial score (nSPS) is 15.7. The molecule has 1 aliphatic heterocycles. The number of carbonyl (C=O) groups excluding carboxylic acids is 3. The highest BCUT2D eigenvalue weighted by Gasteiger charge is 2.36. The fraction of sp³-hybridized carbons (Fsp3) is 0.105. The van der Waals surface area contributed by atoms with Crippen molar-refractivity contribution in [1.82, 2.24) is 4.90 Å². The number of rotatable bonds is 5. The van der Waals surface area contributed by atoms with Gasteiger partial charge in [-0.25, -0.2) is 0 Å². The number of imide groups is 1. The fourth-order valence-electron chi connectivity index (χ4n) is 2.42. The second-order valence-corrected chi connectivity index (χ2v) is 6.79. The molecule has 2 aromatic rings. The van der Waals surface area contributed by atoms with Crippen molar-refractivity contribution in [2.75, 3.05) is 11.9 Å². The van der Waals surface area contributed by atoms with E-state index in [9.17, 15) is 27.6 Å². The van der Waals surface area contributed by atoms with E-state index in [-0.39, 0.29) is 10.6 Å². The molecule has 10 heteroatoms. The van der Waals surface area contributed by atoms with Crippen LogP contribution in [0.2, 0.25) is 0 Å². The van der Waals surface area contributed by atoms with E-state index in [2.05, 4.69) is 10.1 Å². The van der Waals surface area contributed by atoms with Crippen molar-refractivity contribution < 1.29 is 32.3 Å². The van der Waals surface area contributed by atoms with Gasteiger partial charge in [-0.15, -0.1) is 13.2 Å². The summed E-state index contributed by atoms with van der Waals surface area (Å²) in [5.41, 5.74) is 0.931. The van der Waals surface area contributed by atoms with Crippen molar-refractivity contribution in [3.8, 4) is 5.75 Å². The lowest BCUT2D eigenvalue weighted by molar-refractivity contribution is -0.274. The SMILES string of the molecule is O=C(CN1C(=O)S/C(=C/c2ccccc2)C1=O)Nc1ccc(OC(F)(F)F)cc1. The van der Waals surface area contributed by atoms with Crippen LogP contribution in [0.25, 0.3) is 6.08 Å². The Hall–Kier alpha value is -3.27. The summed E-state index contributed by atoms with van der Waals surface area (Å²) in [6.07, 6.45) is -3.26. The summed E-state index contributed by atoms with van der Waals surface area (Å²) in [5.74, 6) is -1.70. The van der Waals surface area contributed by atoms with Crippen LogP contribution in [0, 0.1) is 0 Å². The van der Waals surface area contributed by atoms with E-state index in [1.807, 2.05) is 6.07 Å². The molecule has 1 heterocycles. The van der Waals surface area contributed by atoms with Gasteiger partial charge in [0.2, 0.25) is 5.91 Å². The number of ether oxygens (including phenoxy) is 1. The Morgan fingerprint density at radius 1 is 1.07 bits per heavy atom. The molecule has 2 aromatic carbocycles. The van der Waals surface area contributed by atoms with Crippen molar-refractivity contribution in [2.45, 2.75) is 6.36 Å². The summed E-state index contributed by atoms with van der Waals surface area (Å²) >= 11 is 0.728. The number of nitrogens with zero attached hydrogens (tertiary/aromatic N) is 1. The van der Waals surface area contributed by atoms with Crippen LogP contribution in [0.4, 0.5) is 23.7 Å². The Kier molecular flexibility index (Phi) is 5.92. The summed E-state index contributed by atoms with van der Waals surface area (Å²) in [6.45, 7) is -0.516. The van der Waals surface area contributed by atoms with Crippen molar-refractivity contribution >= 4 is 40.6 Å². The van der Waals surface area contributed by atoms with Gasteiger partial charge in [0.1, 0.15) is 12.3 Å². The highest BCUT2D eigenvalue weighted by Crippen LogP contribution is 2.32. The number of carbonyl (C=O) groups is 3. The van der Waals surface area contributed by atoms with E-state index in [1.165, 1.54) is 12.1 Å². The lowest BCUT2D eigenvalue weighted by atomic mass is 10.2. The predicted molar refractivity (Wildman–Crippen MR) is 101 cm³/mol. The summed E-state index contributed by atoms with van der Waals surface area (Å²) < 4.78 is 40.2. The highest BCUT2D eigenvalue weighted by molar-refractivity contribution is 8.18. The van der Waals surface area contributed by atoms with E-state index in [0.29, 0.717) is 0 Å². The van der Waals surface area contributed by atoms with Crippen LogP contribution in [0.5, 0.6) is 5.75 Å². The first-order chi connectivity index (χ1) is 13.7. The maximum Gasteiger partial charge on any atom is 0.573 e. The average molecular weight is 422 g/mol. The zero-order chi connectivity index (χ0) is 21.0. The van der Waals surface area contributed by atoms with Crippen LogP contribution in [0.3, 0.4) is 0 Å². The molecule has 0 unspecified atom stereocenters. The Labute approximate surface area is 167 Å². The van der Waals surface area contributed by atoms with Crippen LogP contribution < -0.4 is 10.1 Å². The Morgan fingerprint density at radius 3 is 2.34 bits per heavy atom. The quantitative estimate of drug-likeness (QED) is 0.729. The number of halogens is 3. The fourth-order valence-corrected chi connectivity index (χ4v) is 3.26. The molecule has 1 saturated heterocycles. The Balaban J connectivity index is 1.61. The first-order valence-corrected chi connectivity index (χ1v) is 8.99. The molecule has 0 spiro atoms. The van der Waals surface area contributed by atoms with Crippen LogP contribution >= 0.6 is 11.8 Å². The molecule has 1 aliphatic rings. The van der Waals surface area contributed by atoms with Gasteiger partial charge in [0.25, 0.3) is 11.1 Å². The standard InChI is InChI=1S/C19H13F3N2O4S/c20-19(21,22)28-14-8-6-13(7-9-14)23-16(25)11-24-17(26)15(29-18(24)27)10-12-4-2-1-3-5-12/h1-10H,11H2,(H,23,25)/b15-10+. The van der Waals surface area contributed by atoms with Crippen molar-refractivity contribution in [2.24, 2.45) is 0 Å². The largest absolute Gasteiger partial charge is 0.573 e. The molecule has 0 aliphatic carbocycles. The van der Waals surface area contributed by atoms with Crippen LogP contribution in [-0.2, 0) is 9.59 Å². The molecule has 0 aromatic heterocycles. The van der Waals surface area contributed by atoms with E-state index in [1.54, 1.807) is 30.3 Å². The minimum absolute atomic E-state index is 0.191. The minimum atomic E-state index is -4.82. The van der Waals surface area contributed by atoms with Gasteiger partial charge in [-0.2, -0.15) is 0 Å². The molecule has 0 atom stereocenters. The molecular formula is C19H13F3N2O4S. The third-order valence-corrected chi connectivity index (χ3v) is 4.55. The van der Waals surface area contributed by atoms with Gasteiger partial charge in [0.05, 0.1) is 4.91 Å². The molecule has 1 fully saturated rings. The lowest BCUT2D eigenvalue weighted by Crippen LogP contribution is -2.36. The van der Waals surface area contributed by atoms with Crippen molar-refractivity contribution in [3.63, 3.8) is 0 Å². The maximum absolute atomic E-state index is 12.4. The second-order valence-electron chi connectivity index (χ2n) is 5.80. The molecule has 3 rings (SSSR count). The van der Waals surface area contributed by atoms with Crippen LogP contribution in [-0.4, -0.2) is 34.9 Å². The first-order valence-electron chi connectivity index (χ1n) is 8.17. The summed E-state index contributed by atoms with van der Waals surface area (Å²) in [7, 11) is 0. The van der Waals surface area contributed by atoms with Crippen LogP contribution in [0.1, 0.15) is 5.56 Å². The van der Waals surface area contributed by atoms with Crippen LogP contribution in [0.15, 0.2) is 59.5 Å². The smallest absolute Gasteiger partial charge is 0.406 e. The van der Waals surface area contributed by atoms with E-state index >= 15 is 0 Å². The maximum atomic E-state index is 12.4. The molecular weight excluding hydrogens is 409 g/mol. The molecule has 3 amide bonds. The number of nitrogens with one attached hydrogen (secondary N) is 1. The van der Waals surface area contributed by atoms with Crippen molar-refractivity contribution in [3.05, 3.63) is 65.1 Å². The number of hydrogen-bond acceptors (Lipinski definition) is 5. The average Bonchev–Trinajstić information content (AvgIpc) is 2.90. The van der Waals surface area contributed by atoms with Gasteiger partial charge in [-0.3, -0.25) is 19.3 Å². The number of hydrogen-bond donors (Lipinski definition) is 1. The summed E-state index contributed by atoms with van der Waals surface area (Å²) in [4.78, 5) is 37.6. The van der Waals surface area contributed by atoms with Gasteiger partial charge in [-0.05, 0) is 47.7 Å². The van der Waals surface area contributed by atoms with Gasteiger partial charge in [-0.1, -0.05) is 30.3 Å². The zero-order valence-corrected chi connectivity index (χ0v) is 15.4. The molecule has 150 valence electrons. The summed E-state index contributed by atoms with van der Waals surface area (Å²) in [5, 5.41) is 1.83. The molecule has 0 bridgehead atoms. The number of alkyl halides is 3. The van der Waals surface area contributed by atoms with E-state index in [4.69, 9.17) is 0 Å². The second kappa shape index (κ2) is 8.39. The van der Waals surface area contributed by atoms with Gasteiger partial charge in [0.15, 0.2) is 0 Å². The topological polar surface area (TPSA) is 75.7 Å². The zero-order valence-electron chi connectivity index (χ0n) is 14.6. The molecule has 6 nitrogen and oxygen atoms in total. The number of benzene rings is 2. The van der Waals surface area contributed by atoms with E-state index in [0.717, 1.165) is 34.4 Å². The number of thioether (sulfide) groups is 1. The monoisotopic (exact) mass is 422 g/mol. The molecule has 0 saturated carbocycles. The third kappa shape index (κ3) is 5.61. The van der Waals surface area contributed by atoms with Gasteiger partial charge in [0, 0.05) is 5.69 Å². The Bertz CT molecular complexity index is 960. The van der Waals surface area contributed by atoms with Crippen molar-refractivity contribution in [1.29, 1.82) is 0 Å². The number of amides is 3. The van der Waals surface area contributed by atoms with E-state index < -0.39 is 35.7 Å². The van der Waals surface area contributed by atoms with Gasteiger partial charge >= 0.3 is 6.36 Å². The molecule has 0 radical (unpaired) electrons. The number of anilines is 1. The minimum Gasteiger partial charge on any atom is -0.406 e. The predicted octanol–water partition coefficient (Wildman–Crippen LogP) is 4.26. The molecule has 29 heavy (non-hydrogen) atoms. The van der Waals surface area contributed by atoms with Gasteiger partial charge < -0.3 is 10.1 Å². The highest BCUT2D eigenvalue weighted by atomic mass is 32.2. The first kappa shape index (κ1) is 20.5. The molecule has 1 N–H and O–H groups in total. The Morgan fingerprint density at radius 2 is 1.72 bits per heavy atom.